The zero-order valence-corrected chi connectivity index (χ0v) is 13.7. The maximum atomic E-state index is 11.0. The van der Waals surface area contributed by atoms with Gasteiger partial charge in [-0.3, -0.25) is 35.3 Å². The molecule has 2 aromatic rings. The summed E-state index contributed by atoms with van der Waals surface area (Å²) < 4.78 is 4.76. The molecule has 1 N–H and O–H groups in total. The van der Waals surface area contributed by atoms with Crippen LogP contribution in [0.1, 0.15) is 17.3 Å². The molecule has 2 rings (SSSR count). The van der Waals surface area contributed by atoms with Crippen molar-refractivity contribution in [2.75, 3.05) is 6.61 Å². The number of aromatic nitrogens is 1. The number of carbonyl (C=O) groups is 1. The third-order valence-corrected chi connectivity index (χ3v) is 2.85. The number of nitro benzene ring substituents is 3. The maximum Gasteiger partial charge on any atom is 0.338 e. The smallest absolute Gasteiger partial charge is 0.338 e. The largest absolute Gasteiger partial charge is 0.497 e. The summed E-state index contributed by atoms with van der Waals surface area (Å²) >= 11 is 0. The van der Waals surface area contributed by atoms with Gasteiger partial charge in [-0.2, -0.15) is 0 Å². The highest BCUT2D eigenvalue weighted by Crippen LogP contribution is 2.38. The van der Waals surface area contributed by atoms with Crippen molar-refractivity contribution >= 4 is 23.0 Å². The second-order valence-corrected chi connectivity index (χ2v) is 4.56. The zero-order valence-electron chi connectivity index (χ0n) is 13.7. The molecule has 0 aliphatic rings. The molecule has 0 amide bonds. The number of aromatic hydroxyl groups is 1. The molecule has 13 nitrogen and oxygen atoms in total. The van der Waals surface area contributed by atoms with Crippen molar-refractivity contribution in [3.63, 3.8) is 0 Å². The Bertz CT molecular complexity index is 835. The van der Waals surface area contributed by atoms with E-state index in [1.165, 1.54) is 0 Å². The van der Waals surface area contributed by atoms with Crippen molar-refractivity contribution in [2.45, 2.75) is 6.92 Å². The average molecular weight is 380 g/mol. The monoisotopic (exact) mass is 380 g/mol. The molecule has 0 aliphatic heterocycles. The predicted molar refractivity (Wildman–Crippen MR) is 88.3 cm³/mol. The van der Waals surface area contributed by atoms with Gasteiger partial charge in [0, 0.05) is 12.4 Å². The van der Waals surface area contributed by atoms with Crippen LogP contribution in [0.2, 0.25) is 0 Å². The Balaban J connectivity index is 0.000000289. The number of ether oxygens (including phenoxy) is 1. The number of carbonyl (C=O) groups excluding carboxylic acids is 1. The summed E-state index contributed by atoms with van der Waals surface area (Å²) in [5, 5.41) is 40.2. The van der Waals surface area contributed by atoms with Gasteiger partial charge in [0.15, 0.2) is 0 Å². The number of rotatable bonds is 5. The molecule has 0 spiro atoms. The highest BCUT2D eigenvalue weighted by Gasteiger charge is 2.30. The highest BCUT2D eigenvalue weighted by molar-refractivity contribution is 5.89. The van der Waals surface area contributed by atoms with Gasteiger partial charge in [0.05, 0.1) is 39.1 Å². The molecular formula is C14H12N4O9. The van der Waals surface area contributed by atoms with Crippen LogP contribution in [-0.4, -0.2) is 37.4 Å². The van der Waals surface area contributed by atoms with Gasteiger partial charge in [-0.1, -0.05) is 0 Å². The standard InChI is InChI=1S/C8H9NO2.C6H3N3O7/c1-2-11-8(10)7-3-5-9-6-4-7;10-6-4(8(13)14)1-3(7(11)12)2-5(6)9(15)16/h3-6H,2H2,1H3;1-2,10H. The highest BCUT2D eigenvalue weighted by atomic mass is 16.6. The van der Waals surface area contributed by atoms with Gasteiger partial charge < -0.3 is 9.84 Å². The van der Waals surface area contributed by atoms with Crippen LogP contribution in [0.15, 0.2) is 36.7 Å². The fraction of sp³-hybridized carbons (Fsp3) is 0.143. The molecule has 0 radical (unpaired) electrons. The van der Waals surface area contributed by atoms with Crippen molar-refractivity contribution in [3.8, 4) is 5.75 Å². The van der Waals surface area contributed by atoms with Crippen LogP contribution in [0, 0.1) is 30.3 Å². The van der Waals surface area contributed by atoms with Crippen molar-refractivity contribution < 1.29 is 29.4 Å². The zero-order chi connectivity index (χ0) is 20.6. The third kappa shape index (κ3) is 5.70. The van der Waals surface area contributed by atoms with Crippen LogP contribution in [0.25, 0.3) is 0 Å². The van der Waals surface area contributed by atoms with Gasteiger partial charge in [-0.15, -0.1) is 0 Å². The lowest BCUT2D eigenvalue weighted by Gasteiger charge is -1.98. The number of benzene rings is 1. The molecule has 0 fully saturated rings. The number of nitro groups is 3. The molecule has 0 saturated heterocycles. The maximum absolute atomic E-state index is 11.0. The van der Waals surface area contributed by atoms with Crippen molar-refractivity contribution in [1.82, 2.24) is 4.98 Å². The molecule has 0 aliphatic carbocycles. The lowest BCUT2D eigenvalue weighted by Crippen LogP contribution is -2.03. The van der Waals surface area contributed by atoms with Crippen LogP contribution in [0.5, 0.6) is 5.75 Å². The van der Waals surface area contributed by atoms with Crippen molar-refractivity contribution in [3.05, 3.63) is 72.6 Å². The first-order valence-corrected chi connectivity index (χ1v) is 7.06. The Hall–Kier alpha value is -4.16. The van der Waals surface area contributed by atoms with Crippen LogP contribution < -0.4 is 0 Å². The number of hydrogen-bond donors (Lipinski definition) is 1. The second kappa shape index (κ2) is 9.36. The Labute approximate surface area is 150 Å². The van der Waals surface area contributed by atoms with Gasteiger partial charge in [-0.25, -0.2) is 4.79 Å². The minimum atomic E-state index is -1.21. The lowest BCUT2D eigenvalue weighted by molar-refractivity contribution is -0.404. The molecule has 142 valence electrons. The molecule has 0 saturated carbocycles. The second-order valence-electron chi connectivity index (χ2n) is 4.56. The summed E-state index contributed by atoms with van der Waals surface area (Å²) in [5.41, 5.74) is -2.46. The van der Waals surface area contributed by atoms with E-state index in [-0.39, 0.29) is 5.97 Å². The van der Waals surface area contributed by atoms with Gasteiger partial charge in [0.1, 0.15) is 0 Å². The number of esters is 1. The summed E-state index contributed by atoms with van der Waals surface area (Å²) in [5.74, 6) is -1.50. The van der Waals surface area contributed by atoms with Crippen molar-refractivity contribution in [2.24, 2.45) is 0 Å². The Morgan fingerprint density at radius 1 is 1.04 bits per heavy atom. The molecule has 0 bridgehead atoms. The van der Waals surface area contributed by atoms with E-state index in [1.54, 1.807) is 31.5 Å². The van der Waals surface area contributed by atoms with Crippen LogP contribution in [0.4, 0.5) is 17.1 Å². The first-order chi connectivity index (χ1) is 12.7. The fourth-order valence-electron chi connectivity index (χ4n) is 1.68. The SMILES string of the molecule is CCOC(=O)c1ccncc1.O=[N+]([O-])c1cc([N+](=O)[O-])c(O)c([N+](=O)[O-])c1. The number of non-ortho nitro benzene ring substituents is 1. The first kappa shape index (κ1) is 20.9. The Morgan fingerprint density at radius 2 is 1.52 bits per heavy atom. The van der Waals surface area contributed by atoms with Crippen LogP contribution >= 0.6 is 0 Å². The van der Waals surface area contributed by atoms with E-state index in [2.05, 4.69) is 4.98 Å². The molecule has 13 heteroatoms. The molecule has 27 heavy (non-hydrogen) atoms. The van der Waals surface area contributed by atoms with Crippen LogP contribution in [-0.2, 0) is 4.74 Å². The topological polar surface area (TPSA) is 189 Å². The molecule has 1 aromatic heterocycles. The quantitative estimate of drug-likeness (QED) is 0.457. The first-order valence-electron chi connectivity index (χ1n) is 7.06. The average Bonchev–Trinajstić information content (AvgIpc) is 2.62. The summed E-state index contributed by atoms with van der Waals surface area (Å²) in [6.45, 7) is 2.18. The number of nitrogens with zero attached hydrogens (tertiary/aromatic N) is 4. The van der Waals surface area contributed by atoms with Gasteiger partial charge >= 0.3 is 17.3 Å². The predicted octanol–water partition coefficient (Wildman–Crippen LogP) is 2.38. The number of phenolic OH excluding ortho intramolecular Hbond substituents is 1. The summed E-state index contributed by atoms with van der Waals surface area (Å²) in [7, 11) is 0. The minimum Gasteiger partial charge on any atom is -0.497 e. The molecule has 0 atom stereocenters. The Kier molecular flexibility index (Phi) is 7.24. The van der Waals surface area contributed by atoms with E-state index < -0.39 is 37.6 Å². The summed E-state index contributed by atoms with van der Waals surface area (Å²) in [4.78, 5) is 42.5. The molecule has 0 unspecified atom stereocenters. The number of hydrogen-bond acceptors (Lipinski definition) is 10. The van der Waals surface area contributed by atoms with Crippen molar-refractivity contribution in [1.29, 1.82) is 0 Å². The molecule has 1 heterocycles. The molecular weight excluding hydrogens is 368 g/mol. The third-order valence-electron chi connectivity index (χ3n) is 2.85. The van der Waals surface area contributed by atoms with E-state index in [9.17, 15) is 35.1 Å². The summed E-state index contributed by atoms with van der Waals surface area (Å²) in [6.07, 6.45) is 3.12. The number of pyridine rings is 1. The fourth-order valence-corrected chi connectivity index (χ4v) is 1.68. The van der Waals surface area contributed by atoms with Gasteiger partial charge in [0.2, 0.25) is 0 Å². The lowest BCUT2D eigenvalue weighted by atomic mass is 10.2. The van der Waals surface area contributed by atoms with E-state index >= 15 is 0 Å². The Morgan fingerprint density at radius 3 is 1.89 bits per heavy atom. The molecule has 1 aromatic carbocycles. The van der Waals surface area contributed by atoms with Gasteiger partial charge in [0.25, 0.3) is 11.4 Å². The van der Waals surface area contributed by atoms with E-state index in [0.29, 0.717) is 24.3 Å². The van der Waals surface area contributed by atoms with E-state index in [4.69, 9.17) is 9.84 Å². The van der Waals surface area contributed by atoms with Gasteiger partial charge in [-0.05, 0) is 19.1 Å². The minimum absolute atomic E-state index is 0.296. The number of phenols is 1. The van der Waals surface area contributed by atoms with E-state index in [1.807, 2.05) is 0 Å². The van der Waals surface area contributed by atoms with Crippen LogP contribution in [0.3, 0.4) is 0 Å². The summed E-state index contributed by atoms with van der Waals surface area (Å²) in [6, 6.07) is 4.14. The van der Waals surface area contributed by atoms with E-state index in [0.717, 1.165) is 0 Å². The normalized spacial score (nSPS) is 9.52.